The number of hydrogen-bond acceptors (Lipinski definition) is 4. The van der Waals surface area contributed by atoms with Crippen LogP contribution in [-0.4, -0.2) is 25.8 Å². The third-order valence-electron chi connectivity index (χ3n) is 4.85. The topological polar surface area (TPSA) is 80.0 Å². The largest absolute Gasteiger partial charge is 0.478 e. The zero-order chi connectivity index (χ0) is 17.4. The number of pyridine rings is 1. The SMILES string of the molecule is Cn1cc(CNc2cc(C(=O)O)cc3cccnc23)c(C2CCC2)n1. The molecule has 1 fully saturated rings. The van der Waals surface area contributed by atoms with Crippen LogP contribution < -0.4 is 5.32 Å². The van der Waals surface area contributed by atoms with Crippen LogP contribution in [-0.2, 0) is 13.6 Å². The Morgan fingerprint density at radius 1 is 1.40 bits per heavy atom. The Hall–Kier alpha value is -2.89. The van der Waals surface area contributed by atoms with Crippen LogP contribution in [0.25, 0.3) is 10.9 Å². The third kappa shape index (κ3) is 2.95. The molecule has 128 valence electrons. The van der Waals surface area contributed by atoms with Crippen LogP contribution in [0.15, 0.2) is 36.7 Å². The normalized spacial score (nSPS) is 14.4. The van der Waals surface area contributed by atoms with Crippen LogP contribution in [0.1, 0.15) is 46.8 Å². The average Bonchev–Trinajstić information content (AvgIpc) is 2.91. The van der Waals surface area contributed by atoms with Crippen LogP contribution in [0.5, 0.6) is 0 Å². The number of fused-ring (bicyclic) bond motifs is 1. The fourth-order valence-corrected chi connectivity index (χ4v) is 3.36. The molecule has 25 heavy (non-hydrogen) atoms. The Kier molecular flexibility index (Phi) is 3.87. The third-order valence-corrected chi connectivity index (χ3v) is 4.85. The monoisotopic (exact) mass is 336 g/mol. The van der Waals surface area contributed by atoms with E-state index >= 15 is 0 Å². The summed E-state index contributed by atoms with van der Waals surface area (Å²) in [7, 11) is 1.94. The summed E-state index contributed by atoms with van der Waals surface area (Å²) in [6.45, 7) is 0.606. The zero-order valence-electron chi connectivity index (χ0n) is 14.1. The standard InChI is InChI=1S/C19H20N4O2/c1-23-11-15(17(22-23)12-4-2-5-12)10-21-16-9-14(19(24)25)8-13-6-3-7-20-18(13)16/h3,6-9,11-12,21H,2,4-5,10H2,1H3,(H,24,25). The van der Waals surface area contributed by atoms with Gasteiger partial charge in [-0.15, -0.1) is 0 Å². The first kappa shape index (κ1) is 15.6. The number of hydrogen-bond donors (Lipinski definition) is 2. The maximum absolute atomic E-state index is 11.4. The van der Waals surface area contributed by atoms with E-state index in [4.69, 9.17) is 0 Å². The van der Waals surface area contributed by atoms with Crippen molar-refractivity contribution in [1.29, 1.82) is 0 Å². The van der Waals surface area contributed by atoms with E-state index in [0.717, 1.165) is 27.8 Å². The van der Waals surface area contributed by atoms with Crippen molar-refractivity contribution < 1.29 is 9.90 Å². The molecule has 0 amide bonds. The van der Waals surface area contributed by atoms with Crippen molar-refractivity contribution in [2.75, 3.05) is 5.32 Å². The molecule has 2 aromatic heterocycles. The van der Waals surface area contributed by atoms with Crippen LogP contribution in [0.4, 0.5) is 5.69 Å². The number of nitrogens with zero attached hydrogens (tertiary/aromatic N) is 3. The smallest absolute Gasteiger partial charge is 0.335 e. The Bertz CT molecular complexity index is 944. The van der Waals surface area contributed by atoms with Crippen LogP contribution in [0.3, 0.4) is 0 Å². The van der Waals surface area contributed by atoms with Gasteiger partial charge in [-0.05, 0) is 31.0 Å². The number of aromatic nitrogens is 3. The molecule has 4 rings (SSSR count). The van der Waals surface area contributed by atoms with Gasteiger partial charge in [0.25, 0.3) is 0 Å². The van der Waals surface area contributed by atoms with Gasteiger partial charge in [-0.25, -0.2) is 4.79 Å². The fraction of sp³-hybridized carbons (Fsp3) is 0.316. The van der Waals surface area contributed by atoms with Gasteiger partial charge in [0, 0.05) is 42.9 Å². The number of carboxylic acids is 1. The minimum atomic E-state index is -0.940. The summed E-state index contributed by atoms with van der Waals surface area (Å²) >= 11 is 0. The Morgan fingerprint density at radius 3 is 2.96 bits per heavy atom. The van der Waals surface area contributed by atoms with Crippen molar-refractivity contribution >= 4 is 22.6 Å². The van der Waals surface area contributed by atoms with Crippen LogP contribution in [0.2, 0.25) is 0 Å². The highest BCUT2D eigenvalue weighted by Gasteiger charge is 2.25. The number of anilines is 1. The first-order valence-electron chi connectivity index (χ1n) is 8.50. The Balaban J connectivity index is 1.66. The highest BCUT2D eigenvalue weighted by atomic mass is 16.4. The fourth-order valence-electron chi connectivity index (χ4n) is 3.36. The van der Waals surface area contributed by atoms with E-state index in [1.807, 2.05) is 30.1 Å². The highest BCUT2D eigenvalue weighted by Crippen LogP contribution is 2.37. The molecular formula is C19H20N4O2. The van der Waals surface area contributed by atoms with Crippen molar-refractivity contribution in [3.63, 3.8) is 0 Å². The summed E-state index contributed by atoms with van der Waals surface area (Å²) in [5.74, 6) is -0.386. The molecule has 2 N–H and O–H groups in total. The van der Waals surface area contributed by atoms with Crippen LogP contribution >= 0.6 is 0 Å². The molecule has 0 unspecified atom stereocenters. The number of carbonyl (C=O) groups is 1. The van der Waals surface area contributed by atoms with E-state index in [1.54, 1.807) is 18.3 Å². The van der Waals surface area contributed by atoms with Crippen molar-refractivity contribution in [1.82, 2.24) is 14.8 Å². The van der Waals surface area contributed by atoms with Crippen molar-refractivity contribution in [3.8, 4) is 0 Å². The molecule has 1 saturated carbocycles. The van der Waals surface area contributed by atoms with Gasteiger partial charge in [0.05, 0.1) is 22.5 Å². The lowest BCUT2D eigenvalue weighted by Crippen LogP contribution is -2.13. The molecule has 6 nitrogen and oxygen atoms in total. The van der Waals surface area contributed by atoms with Gasteiger partial charge in [-0.2, -0.15) is 5.10 Å². The lowest BCUT2D eigenvalue weighted by atomic mass is 9.81. The zero-order valence-corrected chi connectivity index (χ0v) is 14.1. The number of benzene rings is 1. The van der Waals surface area contributed by atoms with E-state index < -0.39 is 5.97 Å². The summed E-state index contributed by atoms with van der Waals surface area (Å²) in [6, 6.07) is 6.99. The summed E-state index contributed by atoms with van der Waals surface area (Å²) in [5.41, 5.74) is 4.10. The molecular weight excluding hydrogens is 316 g/mol. The van der Waals surface area contributed by atoms with Crippen molar-refractivity contribution in [2.45, 2.75) is 31.7 Å². The maximum atomic E-state index is 11.4. The van der Waals surface area contributed by atoms with E-state index in [2.05, 4.69) is 15.4 Å². The van der Waals surface area contributed by atoms with E-state index in [1.165, 1.54) is 19.3 Å². The number of carboxylic acid groups (broad SMARTS) is 1. The van der Waals surface area contributed by atoms with Gasteiger partial charge in [0.2, 0.25) is 0 Å². The van der Waals surface area contributed by atoms with E-state index in [0.29, 0.717) is 12.5 Å². The minimum absolute atomic E-state index is 0.258. The molecule has 6 heteroatoms. The first-order valence-corrected chi connectivity index (χ1v) is 8.50. The summed E-state index contributed by atoms with van der Waals surface area (Å²) in [4.78, 5) is 15.8. The average molecular weight is 336 g/mol. The van der Waals surface area contributed by atoms with Gasteiger partial charge in [-0.3, -0.25) is 9.67 Å². The number of rotatable bonds is 5. The first-order chi connectivity index (χ1) is 12.1. The van der Waals surface area contributed by atoms with Crippen molar-refractivity contribution in [2.24, 2.45) is 7.05 Å². The second-order valence-corrected chi connectivity index (χ2v) is 6.60. The van der Waals surface area contributed by atoms with Gasteiger partial charge in [0.15, 0.2) is 0 Å². The number of aromatic carboxylic acids is 1. The molecule has 0 bridgehead atoms. The molecule has 2 heterocycles. The van der Waals surface area contributed by atoms with Gasteiger partial charge >= 0.3 is 5.97 Å². The van der Waals surface area contributed by atoms with Crippen LogP contribution in [0, 0.1) is 0 Å². The maximum Gasteiger partial charge on any atom is 0.335 e. The lowest BCUT2D eigenvalue weighted by Gasteiger charge is -2.24. The predicted molar refractivity (Wildman–Crippen MR) is 95.8 cm³/mol. The predicted octanol–water partition coefficient (Wildman–Crippen LogP) is 3.55. The second-order valence-electron chi connectivity index (χ2n) is 6.60. The summed E-state index contributed by atoms with van der Waals surface area (Å²) in [6.07, 6.45) is 7.42. The molecule has 0 aliphatic heterocycles. The van der Waals surface area contributed by atoms with E-state index in [-0.39, 0.29) is 5.56 Å². The number of nitrogens with one attached hydrogen (secondary N) is 1. The summed E-state index contributed by atoms with van der Waals surface area (Å²) in [5, 5.41) is 18.2. The minimum Gasteiger partial charge on any atom is -0.478 e. The van der Waals surface area contributed by atoms with Gasteiger partial charge in [0.1, 0.15) is 0 Å². The molecule has 0 atom stereocenters. The molecule has 0 radical (unpaired) electrons. The Labute approximate surface area is 145 Å². The second kappa shape index (κ2) is 6.20. The molecule has 0 saturated heterocycles. The van der Waals surface area contributed by atoms with Gasteiger partial charge in [-0.1, -0.05) is 12.5 Å². The number of aryl methyl sites for hydroxylation is 1. The molecule has 1 aliphatic rings. The lowest BCUT2D eigenvalue weighted by molar-refractivity contribution is 0.0697. The Morgan fingerprint density at radius 2 is 2.24 bits per heavy atom. The summed E-state index contributed by atoms with van der Waals surface area (Å²) < 4.78 is 1.86. The molecule has 0 spiro atoms. The quantitative estimate of drug-likeness (QED) is 0.745. The molecule has 1 aliphatic carbocycles. The van der Waals surface area contributed by atoms with E-state index in [9.17, 15) is 9.90 Å². The molecule has 3 aromatic rings. The van der Waals surface area contributed by atoms with Gasteiger partial charge < -0.3 is 10.4 Å². The van der Waals surface area contributed by atoms with Crippen molar-refractivity contribution in [3.05, 3.63) is 53.5 Å². The molecule has 1 aromatic carbocycles. The highest BCUT2D eigenvalue weighted by molar-refractivity contribution is 5.99.